The molecular weight excluding hydrogens is 354 g/mol. The van der Waals surface area contributed by atoms with Crippen LogP contribution in [0.25, 0.3) is 0 Å². The Labute approximate surface area is 154 Å². The zero-order valence-electron chi connectivity index (χ0n) is 15.4. The van der Waals surface area contributed by atoms with E-state index in [-0.39, 0.29) is 23.5 Å². The predicted octanol–water partition coefficient (Wildman–Crippen LogP) is 0.587. The monoisotopic (exact) mass is 375 g/mol. The van der Waals surface area contributed by atoms with Gasteiger partial charge in [0.05, 0.1) is 12.7 Å². The van der Waals surface area contributed by atoms with E-state index in [1.54, 1.807) is 12.1 Å². The van der Waals surface area contributed by atoms with Gasteiger partial charge in [0.25, 0.3) is 5.56 Å². The van der Waals surface area contributed by atoms with Crippen molar-refractivity contribution in [3.05, 3.63) is 56.2 Å². The molecule has 1 aromatic heterocycles. The zero-order chi connectivity index (χ0) is 20.1. The van der Waals surface area contributed by atoms with E-state index >= 15 is 0 Å². The number of Topliss-reactive ketones (excluding diaryl/α,β-unsaturated/α-hetero) is 1. The third-order valence-electron chi connectivity index (χ3n) is 3.97. The van der Waals surface area contributed by atoms with Crippen molar-refractivity contribution in [3.63, 3.8) is 0 Å². The molecule has 0 bridgehead atoms. The van der Waals surface area contributed by atoms with Crippen molar-refractivity contribution in [3.8, 4) is 5.75 Å². The number of ether oxygens (including phenoxy) is 2. The van der Waals surface area contributed by atoms with Crippen LogP contribution in [0.15, 0.2) is 33.9 Å². The van der Waals surface area contributed by atoms with Gasteiger partial charge in [0.1, 0.15) is 17.1 Å². The first kappa shape index (κ1) is 20.0. The van der Waals surface area contributed by atoms with Gasteiger partial charge in [-0.15, -0.1) is 0 Å². The Kier molecular flexibility index (Phi) is 6.17. The second-order valence-electron chi connectivity index (χ2n) is 5.79. The third kappa shape index (κ3) is 4.08. The summed E-state index contributed by atoms with van der Waals surface area (Å²) >= 11 is 0. The molecule has 2 rings (SSSR count). The first-order chi connectivity index (χ1) is 12.8. The van der Waals surface area contributed by atoms with Crippen LogP contribution in [-0.4, -0.2) is 34.6 Å². The number of rotatable bonds is 7. The number of methoxy groups -OCH3 is 1. The quantitative estimate of drug-likeness (QED) is 0.555. The summed E-state index contributed by atoms with van der Waals surface area (Å²) in [4.78, 5) is 48.9. The number of benzene rings is 1. The molecule has 2 N–H and O–H groups in total. The first-order valence-electron chi connectivity index (χ1n) is 8.25. The molecule has 2 aromatic rings. The minimum Gasteiger partial charge on any atom is -0.497 e. The van der Waals surface area contributed by atoms with E-state index in [2.05, 4.69) is 0 Å². The van der Waals surface area contributed by atoms with Gasteiger partial charge in [0.15, 0.2) is 6.61 Å². The molecule has 0 fully saturated rings. The Hall–Kier alpha value is -3.36. The number of aromatic nitrogens is 2. The van der Waals surface area contributed by atoms with Crippen molar-refractivity contribution in [2.75, 3.05) is 19.5 Å². The van der Waals surface area contributed by atoms with E-state index in [0.717, 1.165) is 9.13 Å². The molecule has 0 saturated carbocycles. The molecular formula is C18H21N3O6. The number of ketones is 1. The van der Waals surface area contributed by atoms with Gasteiger partial charge in [-0.05, 0) is 30.7 Å². The van der Waals surface area contributed by atoms with E-state index < -0.39 is 29.6 Å². The fourth-order valence-corrected chi connectivity index (χ4v) is 2.50. The van der Waals surface area contributed by atoms with E-state index in [1.807, 2.05) is 6.92 Å². The molecule has 0 aliphatic heterocycles. The van der Waals surface area contributed by atoms with E-state index in [4.69, 9.17) is 15.2 Å². The summed E-state index contributed by atoms with van der Waals surface area (Å²) in [5.74, 6) is -1.17. The summed E-state index contributed by atoms with van der Waals surface area (Å²) in [6.45, 7) is 1.41. The van der Waals surface area contributed by atoms with E-state index in [1.165, 1.54) is 26.3 Å². The van der Waals surface area contributed by atoms with Gasteiger partial charge < -0.3 is 15.2 Å². The van der Waals surface area contributed by atoms with Crippen LogP contribution in [0, 0.1) is 0 Å². The molecule has 0 aliphatic carbocycles. The number of anilines is 1. The lowest BCUT2D eigenvalue weighted by atomic mass is 10.2. The summed E-state index contributed by atoms with van der Waals surface area (Å²) in [7, 11) is 2.76. The average molecular weight is 375 g/mol. The SMILES string of the molecule is CCCn1c(N)c(C(=O)COC(=O)c2ccc(OC)cc2)c(=O)n(C)c1=O. The van der Waals surface area contributed by atoms with Gasteiger partial charge in [-0.3, -0.25) is 18.7 Å². The molecule has 0 saturated heterocycles. The standard InChI is InChI=1S/C18H21N3O6/c1-4-9-21-15(19)14(16(23)20(2)18(21)25)13(22)10-27-17(24)11-5-7-12(26-3)8-6-11/h5-8H,4,9-10,19H2,1-3H3. The van der Waals surface area contributed by atoms with Crippen molar-refractivity contribution in [1.29, 1.82) is 0 Å². The summed E-state index contributed by atoms with van der Waals surface area (Å²) in [5, 5.41) is 0. The number of carbonyl (C=O) groups is 2. The lowest BCUT2D eigenvalue weighted by molar-refractivity contribution is 0.0474. The fourth-order valence-electron chi connectivity index (χ4n) is 2.50. The van der Waals surface area contributed by atoms with Crippen LogP contribution in [0.1, 0.15) is 34.1 Å². The number of carbonyl (C=O) groups excluding carboxylic acids is 2. The second kappa shape index (κ2) is 8.35. The molecule has 9 nitrogen and oxygen atoms in total. The largest absolute Gasteiger partial charge is 0.497 e. The van der Waals surface area contributed by atoms with E-state index in [9.17, 15) is 19.2 Å². The van der Waals surface area contributed by atoms with Crippen LogP contribution in [0.4, 0.5) is 5.82 Å². The number of esters is 1. The van der Waals surface area contributed by atoms with Crippen LogP contribution in [-0.2, 0) is 18.3 Å². The van der Waals surface area contributed by atoms with Crippen LogP contribution in [0.2, 0.25) is 0 Å². The highest BCUT2D eigenvalue weighted by Gasteiger charge is 2.22. The van der Waals surface area contributed by atoms with Crippen molar-refractivity contribution < 1.29 is 19.1 Å². The minimum atomic E-state index is -0.824. The van der Waals surface area contributed by atoms with Crippen LogP contribution in [0.3, 0.4) is 0 Å². The average Bonchev–Trinajstić information content (AvgIpc) is 2.68. The lowest BCUT2D eigenvalue weighted by Gasteiger charge is -2.13. The number of nitrogen functional groups attached to an aromatic ring is 1. The van der Waals surface area contributed by atoms with Crippen LogP contribution in [0.5, 0.6) is 5.75 Å². The summed E-state index contributed by atoms with van der Waals surface area (Å²) in [6, 6.07) is 6.13. The topological polar surface area (TPSA) is 123 Å². The molecule has 0 spiro atoms. The maximum Gasteiger partial charge on any atom is 0.338 e. The highest BCUT2D eigenvalue weighted by Crippen LogP contribution is 2.13. The normalized spacial score (nSPS) is 10.5. The summed E-state index contributed by atoms with van der Waals surface area (Å²) < 4.78 is 11.9. The molecule has 0 unspecified atom stereocenters. The smallest absolute Gasteiger partial charge is 0.338 e. The maximum absolute atomic E-state index is 12.4. The predicted molar refractivity (Wildman–Crippen MR) is 98.3 cm³/mol. The zero-order valence-corrected chi connectivity index (χ0v) is 15.4. The molecule has 0 aliphatic rings. The van der Waals surface area contributed by atoms with Crippen LogP contribution < -0.4 is 21.7 Å². The molecule has 9 heteroatoms. The number of nitrogens with zero attached hydrogens (tertiary/aromatic N) is 2. The van der Waals surface area contributed by atoms with Crippen molar-refractivity contribution in [2.45, 2.75) is 19.9 Å². The van der Waals surface area contributed by atoms with Gasteiger partial charge in [-0.25, -0.2) is 9.59 Å². The number of nitrogens with two attached hydrogens (primary N) is 1. The Morgan fingerprint density at radius 1 is 1.15 bits per heavy atom. The van der Waals surface area contributed by atoms with Gasteiger partial charge in [0.2, 0.25) is 5.78 Å². The molecule has 144 valence electrons. The molecule has 1 heterocycles. The Bertz CT molecular complexity index is 972. The number of hydrogen-bond donors (Lipinski definition) is 1. The highest BCUT2D eigenvalue weighted by molar-refractivity contribution is 6.02. The third-order valence-corrected chi connectivity index (χ3v) is 3.97. The van der Waals surface area contributed by atoms with Gasteiger partial charge >= 0.3 is 11.7 Å². The fraction of sp³-hybridized carbons (Fsp3) is 0.333. The Morgan fingerprint density at radius 2 is 1.78 bits per heavy atom. The van der Waals surface area contributed by atoms with Crippen LogP contribution >= 0.6 is 0 Å². The van der Waals surface area contributed by atoms with Gasteiger partial charge in [0, 0.05) is 13.6 Å². The molecule has 0 atom stereocenters. The summed E-state index contributed by atoms with van der Waals surface area (Å²) in [5.41, 5.74) is 4.29. The molecule has 0 radical (unpaired) electrons. The van der Waals surface area contributed by atoms with Gasteiger partial charge in [-0.1, -0.05) is 6.92 Å². The maximum atomic E-state index is 12.4. The molecule has 0 amide bonds. The highest BCUT2D eigenvalue weighted by atomic mass is 16.5. The second-order valence-corrected chi connectivity index (χ2v) is 5.79. The van der Waals surface area contributed by atoms with Crippen molar-refractivity contribution in [2.24, 2.45) is 7.05 Å². The Morgan fingerprint density at radius 3 is 2.33 bits per heavy atom. The summed E-state index contributed by atoms with van der Waals surface area (Å²) in [6.07, 6.45) is 0.586. The molecule has 1 aromatic carbocycles. The van der Waals surface area contributed by atoms with Crippen molar-refractivity contribution in [1.82, 2.24) is 9.13 Å². The lowest BCUT2D eigenvalue weighted by Crippen LogP contribution is -2.43. The van der Waals surface area contributed by atoms with E-state index in [0.29, 0.717) is 12.2 Å². The van der Waals surface area contributed by atoms with Gasteiger partial charge in [-0.2, -0.15) is 0 Å². The van der Waals surface area contributed by atoms with Crippen molar-refractivity contribution >= 4 is 17.6 Å². The Balaban J connectivity index is 2.24. The molecule has 27 heavy (non-hydrogen) atoms. The number of hydrogen-bond acceptors (Lipinski definition) is 7. The minimum absolute atomic E-state index is 0.223. The first-order valence-corrected chi connectivity index (χ1v) is 8.25.